The molecule has 0 aromatic heterocycles. The van der Waals surface area contributed by atoms with E-state index in [0.29, 0.717) is 12.0 Å². The van der Waals surface area contributed by atoms with Crippen molar-refractivity contribution >= 4 is 0 Å². The second kappa shape index (κ2) is 5.49. The maximum Gasteiger partial charge on any atom is 0.162 e. The maximum atomic E-state index is 13.8. The van der Waals surface area contributed by atoms with E-state index in [-0.39, 0.29) is 6.42 Å². The van der Waals surface area contributed by atoms with Crippen LogP contribution in [-0.2, 0) is 12.0 Å². The second-order valence-electron chi connectivity index (χ2n) is 4.77. The summed E-state index contributed by atoms with van der Waals surface area (Å²) in [7, 11) is 0. The molecule has 0 bridgehead atoms. The van der Waals surface area contributed by atoms with Crippen molar-refractivity contribution in [2.75, 3.05) is 0 Å². The minimum atomic E-state index is -0.830. The van der Waals surface area contributed by atoms with Crippen LogP contribution in [0.4, 0.5) is 8.78 Å². The van der Waals surface area contributed by atoms with Gasteiger partial charge in [0.15, 0.2) is 11.6 Å². The smallest absolute Gasteiger partial charge is 0.162 e. The lowest BCUT2D eigenvalue weighted by Crippen LogP contribution is -2.38. The summed E-state index contributed by atoms with van der Waals surface area (Å²) in [5.74, 6) is -1.63. The third kappa shape index (κ3) is 2.82. The summed E-state index contributed by atoms with van der Waals surface area (Å²) < 4.78 is 27.0. The van der Waals surface area contributed by atoms with Crippen LogP contribution in [0.25, 0.3) is 0 Å². The molecule has 0 aliphatic carbocycles. The van der Waals surface area contributed by atoms with Gasteiger partial charge in [-0.25, -0.2) is 8.78 Å². The van der Waals surface area contributed by atoms with E-state index in [0.717, 1.165) is 11.6 Å². The fraction of sp³-hybridized carbons (Fsp3) is 0.250. The maximum absolute atomic E-state index is 13.8. The summed E-state index contributed by atoms with van der Waals surface area (Å²) >= 11 is 0. The monoisotopic (exact) mass is 261 g/mol. The summed E-state index contributed by atoms with van der Waals surface area (Å²) in [6, 6.07) is 13.7. The van der Waals surface area contributed by atoms with E-state index >= 15 is 0 Å². The Morgan fingerprint density at radius 2 is 1.68 bits per heavy atom. The van der Waals surface area contributed by atoms with E-state index in [1.807, 2.05) is 37.3 Å². The molecular formula is C16H17F2N. The molecule has 0 aliphatic heterocycles. The van der Waals surface area contributed by atoms with Crippen LogP contribution in [0.1, 0.15) is 24.5 Å². The molecule has 19 heavy (non-hydrogen) atoms. The lowest BCUT2D eigenvalue weighted by molar-refractivity contribution is 0.408. The normalized spacial score (nSPS) is 14.1. The zero-order valence-corrected chi connectivity index (χ0v) is 10.9. The lowest BCUT2D eigenvalue weighted by atomic mass is 9.82. The predicted molar refractivity (Wildman–Crippen MR) is 72.7 cm³/mol. The van der Waals surface area contributed by atoms with Gasteiger partial charge in [0, 0.05) is 5.54 Å². The van der Waals surface area contributed by atoms with Crippen LogP contribution >= 0.6 is 0 Å². The molecule has 0 radical (unpaired) electrons. The molecule has 0 heterocycles. The Morgan fingerprint density at radius 3 is 2.32 bits per heavy atom. The van der Waals surface area contributed by atoms with E-state index in [2.05, 4.69) is 0 Å². The first-order valence-corrected chi connectivity index (χ1v) is 6.34. The van der Waals surface area contributed by atoms with Gasteiger partial charge in [-0.2, -0.15) is 0 Å². The Hall–Kier alpha value is -1.74. The van der Waals surface area contributed by atoms with Crippen molar-refractivity contribution in [3.05, 3.63) is 71.3 Å². The second-order valence-corrected chi connectivity index (χ2v) is 4.77. The first kappa shape index (κ1) is 13.7. The van der Waals surface area contributed by atoms with E-state index in [4.69, 9.17) is 5.73 Å². The summed E-state index contributed by atoms with van der Waals surface area (Å²) in [6.45, 7) is 1.95. The summed E-state index contributed by atoms with van der Waals surface area (Å²) in [5.41, 5.74) is 6.94. The molecule has 2 N–H and O–H groups in total. The quantitative estimate of drug-likeness (QED) is 0.890. The Morgan fingerprint density at radius 1 is 1.00 bits per heavy atom. The van der Waals surface area contributed by atoms with Crippen molar-refractivity contribution in [1.82, 2.24) is 0 Å². The predicted octanol–water partition coefficient (Wildman–Crippen LogP) is 3.77. The van der Waals surface area contributed by atoms with Crippen molar-refractivity contribution in [2.24, 2.45) is 5.73 Å². The highest BCUT2D eigenvalue weighted by molar-refractivity contribution is 5.29. The van der Waals surface area contributed by atoms with Gasteiger partial charge in [0.2, 0.25) is 0 Å². The van der Waals surface area contributed by atoms with Crippen molar-refractivity contribution < 1.29 is 8.78 Å². The van der Waals surface area contributed by atoms with Gasteiger partial charge in [-0.1, -0.05) is 49.4 Å². The van der Waals surface area contributed by atoms with Gasteiger partial charge in [-0.15, -0.1) is 0 Å². The van der Waals surface area contributed by atoms with Crippen molar-refractivity contribution in [3.8, 4) is 0 Å². The standard InChI is InChI=1S/C16H17F2N/c1-2-16(19,13-8-4-3-5-9-13)11-12-7-6-10-14(17)15(12)18/h3-10H,2,11,19H2,1H3. The lowest BCUT2D eigenvalue weighted by Gasteiger charge is -2.29. The van der Waals surface area contributed by atoms with Crippen LogP contribution in [0.15, 0.2) is 48.5 Å². The molecule has 1 nitrogen and oxygen atoms in total. The zero-order valence-electron chi connectivity index (χ0n) is 10.9. The van der Waals surface area contributed by atoms with E-state index in [1.165, 1.54) is 6.07 Å². The van der Waals surface area contributed by atoms with Crippen LogP contribution in [0.5, 0.6) is 0 Å². The first-order valence-electron chi connectivity index (χ1n) is 6.34. The average molecular weight is 261 g/mol. The highest BCUT2D eigenvalue weighted by Gasteiger charge is 2.27. The van der Waals surface area contributed by atoms with Crippen LogP contribution in [0.2, 0.25) is 0 Å². The Kier molecular flexibility index (Phi) is 3.96. The topological polar surface area (TPSA) is 26.0 Å². The highest BCUT2D eigenvalue weighted by Crippen LogP contribution is 2.28. The fourth-order valence-electron chi connectivity index (χ4n) is 2.23. The van der Waals surface area contributed by atoms with Crippen molar-refractivity contribution in [2.45, 2.75) is 25.3 Å². The van der Waals surface area contributed by atoms with E-state index < -0.39 is 17.2 Å². The van der Waals surface area contributed by atoms with Gasteiger partial charge in [0.25, 0.3) is 0 Å². The van der Waals surface area contributed by atoms with Crippen molar-refractivity contribution in [1.29, 1.82) is 0 Å². The largest absolute Gasteiger partial charge is 0.321 e. The molecule has 0 amide bonds. The minimum Gasteiger partial charge on any atom is -0.321 e. The summed E-state index contributed by atoms with van der Waals surface area (Å²) in [5, 5.41) is 0. The molecule has 0 aliphatic rings. The van der Waals surface area contributed by atoms with Crippen LogP contribution in [-0.4, -0.2) is 0 Å². The van der Waals surface area contributed by atoms with Crippen LogP contribution < -0.4 is 5.73 Å². The molecule has 2 aromatic carbocycles. The first-order chi connectivity index (χ1) is 9.07. The van der Waals surface area contributed by atoms with Gasteiger partial charge in [0.05, 0.1) is 0 Å². The molecule has 3 heteroatoms. The minimum absolute atomic E-state index is 0.275. The van der Waals surface area contributed by atoms with Crippen LogP contribution in [0, 0.1) is 11.6 Å². The zero-order chi connectivity index (χ0) is 13.9. The van der Waals surface area contributed by atoms with E-state index in [9.17, 15) is 8.78 Å². The average Bonchev–Trinajstić information content (AvgIpc) is 2.45. The van der Waals surface area contributed by atoms with Crippen molar-refractivity contribution in [3.63, 3.8) is 0 Å². The molecule has 0 fully saturated rings. The molecular weight excluding hydrogens is 244 g/mol. The third-order valence-corrected chi connectivity index (χ3v) is 3.52. The number of halogens is 2. The van der Waals surface area contributed by atoms with Crippen LogP contribution in [0.3, 0.4) is 0 Å². The van der Waals surface area contributed by atoms with Gasteiger partial charge in [-0.3, -0.25) is 0 Å². The summed E-state index contributed by atoms with van der Waals surface area (Å²) in [6.07, 6.45) is 0.921. The van der Waals surface area contributed by atoms with Gasteiger partial charge in [-0.05, 0) is 30.0 Å². The number of benzene rings is 2. The number of hydrogen-bond acceptors (Lipinski definition) is 1. The molecule has 0 saturated heterocycles. The Balaban J connectivity index is 2.36. The van der Waals surface area contributed by atoms with Gasteiger partial charge < -0.3 is 5.73 Å². The molecule has 1 unspecified atom stereocenters. The fourth-order valence-corrected chi connectivity index (χ4v) is 2.23. The Bertz CT molecular complexity index is 554. The number of rotatable bonds is 4. The molecule has 0 spiro atoms. The number of hydrogen-bond donors (Lipinski definition) is 1. The SMILES string of the molecule is CCC(N)(Cc1cccc(F)c1F)c1ccccc1. The molecule has 2 rings (SSSR count). The van der Waals surface area contributed by atoms with Gasteiger partial charge >= 0.3 is 0 Å². The third-order valence-electron chi connectivity index (χ3n) is 3.52. The molecule has 100 valence electrons. The molecule has 1 atom stereocenters. The summed E-state index contributed by atoms with van der Waals surface area (Å²) in [4.78, 5) is 0. The molecule has 2 aromatic rings. The van der Waals surface area contributed by atoms with Gasteiger partial charge in [0.1, 0.15) is 0 Å². The van der Waals surface area contributed by atoms with E-state index in [1.54, 1.807) is 6.07 Å². The Labute approximate surface area is 112 Å². The number of nitrogens with two attached hydrogens (primary N) is 1. The highest BCUT2D eigenvalue weighted by atomic mass is 19.2. The molecule has 0 saturated carbocycles.